The molecule has 1 aromatic carbocycles. The van der Waals surface area contributed by atoms with Gasteiger partial charge in [0.1, 0.15) is 12.6 Å². The second-order valence-electron chi connectivity index (χ2n) is 6.23. The van der Waals surface area contributed by atoms with Gasteiger partial charge >= 0.3 is 0 Å². The largest absolute Gasteiger partial charge is 0.350 e. The number of quaternary nitrogens is 1. The van der Waals surface area contributed by atoms with E-state index in [1.807, 2.05) is 6.92 Å². The zero-order valence-corrected chi connectivity index (χ0v) is 14.5. The molecule has 1 amide bonds. The van der Waals surface area contributed by atoms with Gasteiger partial charge in [-0.15, -0.1) is 11.3 Å². The first-order chi connectivity index (χ1) is 11.3. The van der Waals surface area contributed by atoms with Crippen LogP contribution in [0.25, 0.3) is 0 Å². The van der Waals surface area contributed by atoms with Crippen LogP contribution >= 0.6 is 11.3 Å². The predicted octanol–water partition coefficient (Wildman–Crippen LogP) is 2.35. The standard InChI is InChI=1S/C19H24N2OS/c1-2-6-19(22)20-13-17(18-9-5-12-23-18)21-11-10-15-7-3-4-8-16(15)14-21/h3-5,7-9,12,17H,2,6,10-11,13-14H2,1H3,(H,20,22)/p+1/t17-/m1/s1. The molecule has 0 saturated carbocycles. The van der Waals surface area contributed by atoms with E-state index in [9.17, 15) is 4.79 Å². The van der Waals surface area contributed by atoms with E-state index in [0.717, 1.165) is 32.5 Å². The van der Waals surface area contributed by atoms with Crippen molar-refractivity contribution >= 4 is 17.2 Å². The molecule has 3 nitrogen and oxygen atoms in total. The molecular weight excluding hydrogens is 304 g/mol. The van der Waals surface area contributed by atoms with Gasteiger partial charge in [0.2, 0.25) is 5.91 Å². The number of rotatable bonds is 6. The van der Waals surface area contributed by atoms with Crippen LogP contribution in [0, 0.1) is 0 Å². The number of thiophene rings is 1. The van der Waals surface area contributed by atoms with Gasteiger partial charge in [-0.2, -0.15) is 0 Å². The number of nitrogens with one attached hydrogen (secondary N) is 2. The Hall–Kier alpha value is -1.65. The number of hydrogen-bond donors (Lipinski definition) is 2. The molecule has 4 heteroatoms. The van der Waals surface area contributed by atoms with Crippen molar-refractivity contribution in [2.45, 2.75) is 38.8 Å². The minimum absolute atomic E-state index is 0.172. The molecule has 23 heavy (non-hydrogen) atoms. The number of carbonyl (C=O) groups excluding carboxylic acids is 1. The van der Waals surface area contributed by atoms with Gasteiger partial charge < -0.3 is 10.2 Å². The summed E-state index contributed by atoms with van der Waals surface area (Å²) < 4.78 is 0. The van der Waals surface area contributed by atoms with Crippen molar-refractivity contribution in [3.63, 3.8) is 0 Å². The van der Waals surface area contributed by atoms with Crippen LogP contribution in [0.2, 0.25) is 0 Å². The molecule has 0 spiro atoms. The van der Waals surface area contributed by atoms with E-state index in [2.05, 4.69) is 47.1 Å². The Morgan fingerprint density at radius 1 is 1.26 bits per heavy atom. The molecular formula is C19H25N2OS+. The Kier molecular flexibility index (Phi) is 5.47. The fraction of sp³-hybridized carbons (Fsp3) is 0.421. The van der Waals surface area contributed by atoms with Crippen LogP contribution in [-0.4, -0.2) is 19.0 Å². The second kappa shape index (κ2) is 7.75. The van der Waals surface area contributed by atoms with E-state index in [4.69, 9.17) is 0 Å². The summed E-state index contributed by atoms with van der Waals surface area (Å²) in [5.74, 6) is 0.172. The SMILES string of the molecule is CCCC(=O)NC[C@H](c1cccs1)[NH+]1CCc2ccccc2C1. The number of carbonyl (C=O) groups is 1. The summed E-state index contributed by atoms with van der Waals surface area (Å²) in [5, 5.41) is 5.27. The van der Waals surface area contributed by atoms with Gasteiger partial charge in [-0.25, -0.2) is 0 Å². The lowest BCUT2D eigenvalue weighted by molar-refractivity contribution is -0.945. The maximum Gasteiger partial charge on any atom is 0.220 e. The summed E-state index contributed by atoms with van der Waals surface area (Å²) in [7, 11) is 0. The molecule has 0 bridgehead atoms. The van der Waals surface area contributed by atoms with E-state index in [1.165, 1.54) is 16.0 Å². The number of hydrogen-bond acceptors (Lipinski definition) is 2. The minimum Gasteiger partial charge on any atom is -0.350 e. The van der Waals surface area contributed by atoms with Crippen LogP contribution in [0.3, 0.4) is 0 Å². The van der Waals surface area contributed by atoms with Gasteiger partial charge in [-0.1, -0.05) is 37.3 Å². The third kappa shape index (κ3) is 4.01. The topological polar surface area (TPSA) is 33.5 Å². The van der Waals surface area contributed by atoms with Gasteiger partial charge in [-0.05, 0) is 23.4 Å². The van der Waals surface area contributed by atoms with Crippen molar-refractivity contribution in [2.24, 2.45) is 0 Å². The quantitative estimate of drug-likeness (QED) is 0.838. The molecule has 0 radical (unpaired) electrons. The van der Waals surface area contributed by atoms with Crippen molar-refractivity contribution in [1.29, 1.82) is 0 Å². The first-order valence-electron chi connectivity index (χ1n) is 8.49. The lowest BCUT2D eigenvalue weighted by Gasteiger charge is -2.32. The minimum atomic E-state index is 0.172. The van der Waals surface area contributed by atoms with Crippen molar-refractivity contribution in [2.75, 3.05) is 13.1 Å². The van der Waals surface area contributed by atoms with E-state index < -0.39 is 0 Å². The monoisotopic (exact) mass is 329 g/mol. The van der Waals surface area contributed by atoms with Gasteiger partial charge in [0, 0.05) is 18.4 Å². The smallest absolute Gasteiger partial charge is 0.220 e. The molecule has 2 heterocycles. The first-order valence-corrected chi connectivity index (χ1v) is 9.37. The van der Waals surface area contributed by atoms with Crippen LogP contribution in [-0.2, 0) is 17.8 Å². The molecule has 2 atom stereocenters. The molecule has 1 aliphatic rings. The highest BCUT2D eigenvalue weighted by atomic mass is 32.1. The van der Waals surface area contributed by atoms with E-state index in [-0.39, 0.29) is 5.91 Å². The Balaban J connectivity index is 1.73. The molecule has 2 N–H and O–H groups in total. The lowest BCUT2D eigenvalue weighted by Crippen LogP contribution is -3.12. The van der Waals surface area contributed by atoms with Crippen LogP contribution in [0.15, 0.2) is 41.8 Å². The average molecular weight is 329 g/mol. The van der Waals surface area contributed by atoms with Crippen LogP contribution in [0.1, 0.15) is 41.8 Å². The van der Waals surface area contributed by atoms with Gasteiger partial charge in [0.05, 0.1) is 18.0 Å². The fourth-order valence-electron chi connectivity index (χ4n) is 3.37. The van der Waals surface area contributed by atoms with Gasteiger partial charge in [0.25, 0.3) is 0 Å². The third-order valence-corrected chi connectivity index (χ3v) is 5.60. The molecule has 0 saturated heterocycles. The van der Waals surface area contributed by atoms with Gasteiger partial charge in [0.15, 0.2) is 0 Å². The second-order valence-corrected chi connectivity index (χ2v) is 7.21. The number of benzene rings is 1. The average Bonchev–Trinajstić information content (AvgIpc) is 3.09. The molecule has 1 aliphatic heterocycles. The molecule has 3 rings (SSSR count). The fourth-order valence-corrected chi connectivity index (χ4v) is 4.25. The number of fused-ring (bicyclic) bond motifs is 1. The Morgan fingerprint density at radius 3 is 2.83 bits per heavy atom. The van der Waals surface area contributed by atoms with Crippen molar-refractivity contribution in [3.05, 3.63) is 57.8 Å². The highest BCUT2D eigenvalue weighted by Crippen LogP contribution is 2.19. The highest BCUT2D eigenvalue weighted by Gasteiger charge is 2.29. The Morgan fingerprint density at radius 2 is 2.09 bits per heavy atom. The third-order valence-electron chi connectivity index (χ3n) is 4.61. The zero-order chi connectivity index (χ0) is 16.1. The summed E-state index contributed by atoms with van der Waals surface area (Å²) >= 11 is 1.80. The summed E-state index contributed by atoms with van der Waals surface area (Å²) in [6.45, 7) is 4.95. The molecule has 0 fully saturated rings. The van der Waals surface area contributed by atoms with E-state index in [1.54, 1.807) is 16.2 Å². The summed E-state index contributed by atoms with van der Waals surface area (Å²) in [4.78, 5) is 14.8. The molecule has 1 aromatic heterocycles. The summed E-state index contributed by atoms with van der Waals surface area (Å²) in [5.41, 5.74) is 2.94. The van der Waals surface area contributed by atoms with E-state index >= 15 is 0 Å². The summed E-state index contributed by atoms with van der Waals surface area (Å²) in [6, 6.07) is 13.4. The predicted molar refractivity (Wildman–Crippen MR) is 94.7 cm³/mol. The zero-order valence-electron chi connectivity index (χ0n) is 13.7. The van der Waals surface area contributed by atoms with Crippen LogP contribution < -0.4 is 10.2 Å². The van der Waals surface area contributed by atoms with E-state index in [0.29, 0.717) is 12.5 Å². The van der Waals surface area contributed by atoms with Crippen LogP contribution in [0.4, 0.5) is 0 Å². The molecule has 1 unspecified atom stereocenters. The molecule has 0 aliphatic carbocycles. The molecule has 122 valence electrons. The van der Waals surface area contributed by atoms with Crippen molar-refractivity contribution < 1.29 is 9.69 Å². The van der Waals surface area contributed by atoms with Gasteiger partial charge in [-0.3, -0.25) is 4.79 Å². The summed E-state index contributed by atoms with van der Waals surface area (Å²) in [6.07, 6.45) is 2.64. The Bertz CT molecular complexity index is 639. The lowest BCUT2D eigenvalue weighted by atomic mass is 9.98. The highest BCUT2D eigenvalue weighted by molar-refractivity contribution is 7.10. The molecule has 2 aromatic rings. The van der Waals surface area contributed by atoms with Crippen LogP contribution in [0.5, 0.6) is 0 Å². The van der Waals surface area contributed by atoms with Crippen molar-refractivity contribution in [1.82, 2.24) is 5.32 Å². The maximum atomic E-state index is 11.9. The maximum absolute atomic E-state index is 11.9. The first kappa shape index (κ1) is 16.2. The number of amides is 1. The normalized spacial score (nSPS) is 18.2. The Labute approximate surface area is 142 Å². The van der Waals surface area contributed by atoms with Crippen molar-refractivity contribution in [3.8, 4) is 0 Å².